The van der Waals surface area contributed by atoms with Crippen LogP contribution in [0.1, 0.15) is 11.3 Å². The third kappa shape index (κ3) is 4.71. The van der Waals surface area contributed by atoms with Crippen molar-refractivity contribution in [3.8, 4) is 17.5 Å². The van der Waals surface area contributed by atoms with Crippen molar-refractivity contribution in [1.82, 2.24) is 9.97 Å². The summed E-state index contributed by atoms with van der Waals surface area (Å²) in [5.74, 6) is -1.42. The van der Waals surface area contributed by atoms with Crippen LogP contribution in [0.25, 0.3) is 0 Å². The number of nitrogens with two attached hydrogens (primary N) is 1. The van der Waals surface area contributed by atoms with Crippen molar-refractivity contribution in [2.24, 2.45) is 5.73 Å². The predicted molar refractivity (Wildman–Crippen MR) is 68.8 cm³/mol. The number of primary amides is 1. The van der Waals surface area contributed by atoms with Gasteiger partial charge in [-0.2, -0.15) is 31.3 Å². The van der Waals surface area contributed by atoms with Gasteiger partial charge in [-0.25, -0.2) is 9.78 Å². The molecule has 0 fully saturated rings. The quantitative estimate of drug-likeness (QED) is 0.835. The Morgan fingerprint density at radius 2 is 1.72 bits per heavy atom. The van der Waals surface area contributed by atoms with Gasteiger partial charge in [0.2, 0.25) is 0 Å². The largest absolute Gasteiger partial charge is 0.433 e. The van der Waals surface area contributed by atoms with Gasteiger partial charge in [0.1, 0.15) is 17.1 Å². The molecule has 0 saturated heterocycles. The van der Waals surface area contributed by atoms with Crippen molar-refractivity contribution in [1.29, 1.82) is 0 Å². The average molecular weight is 367 g/mol. The molecule has 1 amide bonds. The SMILES string of the molecule is NC(=O)Oc1ccc(Oc2nccc(C(F)(F)F)n2)c(C(F)(F)F)c1. The van der Waals surface area contributed by atoms with Crippen molar-refractivity contribution in [3.63, 3.8) is 0 Å². The lowest BCUT2D eigenvalue weighted by Crippen LogP contribution is -2.17. The molecule has 1 heterocycles. The highest BCUT2D eigenvalue weighted by Gasteiger charge is 2.36. The number of aromatic nitrogens is 2. The fourth-order valence-electron chi connectivity index (χ4n) is 1.65. The molecule has 6 nitrogen and oxygen atoms in total. The van der Waals surface area contributed by atoms with Gasteiger partial charge in [-0.05, 0) is 24.3 Å². The molecule has 0 bridgehead atoms. The van der Waals surface area contributed by atoms with Gasteiger partial charge in [-0.15, -0.1) is 0 Å². The molecule has 134 valence electrons. The Kier molecular flexibility index (Phi) is 4.72. The Hall–Kier alpha value is -3.05. The number of carbonyl (C=O) groups is 1. The van der Waals surface area contributed by atoms with E-state index in [4.69, 9.17) is 10.5 Å². The number of nitrogens with zero attached hydrogens (tertiary/aromatic N) is 2. The van der Waals surface area contributed by atoms with E-state index in [-0.39, 0.29) is 0 Å². The maximum absolute atomic E-state index is 13.1. The first kappa shape index (κ1) is 18.3. The Morgan fingerprint density at radius 3 is 2.28 bits per heavy atom. The Balaban J connectivity index is 2.41. The molecule has 2 rings (SSSR count). The van der Waals surface area contributed by atoms with E-state index in [0.29, 0.717) is 18.3 Å². The first-order valence-corrected chi connectivity index (χ1v) is 6.23. The van der Waals surface area contributed by atoms with Gasteiger partial charge in [0.15, 0.2) is 5.69 Å². The summed E-state index contributed by atoms with van der Waals surface area (Å²) in [6.45, 7) is 0. The summed E-state index contributed by atoms with van der Waals surface area (Å²) in [6.07, 6.45) is -10.5. The van der Waals surface area contributed by atoms with Crippen molar-refractivity contribution in [3.05, 3.63) is 41.7 Å². The number of benzene rings is 1. The highest BCUT2D eigenvalue weighted by atomic mass is 19.4. The zero-order valence-electron chi connectivity index (χ0n) is 11.9. The van der Waals surface area contributed by atoms with Gasteiger partial charge >= 0.3 is 24.5 Å². The lowest BCUT2D eigenvalue weighted by Gasteiger charge is -2.14. The van der Waals surface area contributed by atoms with E-state index in [1.807, 2.05) is 0 Å². The highest BCUT2D eigenvalue weighted by Crippen LogP contribution is 2.40. The van der Waals surface area contributed by atoms with E-state index in [1.54, 1.807) is 0 Å². The maximum atomic E-state index is 13.1. The smallest absolute Gasteiger partial charge is 0.424 e. The van der Waals surface area contributed by atoms with E-state index >= 15 is 0 Å². The molecule has 0 aliphatic rings. The van der Waals surface area contributed by atoms with Crippen LogP contribution >= 0.6 is 0 Å². The number of halogens is 6. The summed E-state index contributed by atoms with van der Waals surface area (Å²) < 4.78 is 85.9. The van der Waals surface area contributed by atoms with Gasteiger partial charge in [0, 0.05) is 6.20 Å². The van der Waals surface area contributed by atoms with Gasteiger partial charge in [0.25, 0.3) is 0 Å². The number of hydrogen-bond acceptors (Lipinski definition) is 5. The third-order valence-corrected chi connectivity index (χ3v) is 2.60. The summed E-state index contributed by atoms with van der Waals surface area (Å²) in [7, 11) is 0. The van der Waals surface area contributed by atoms with Gasteiger partial charge in [-0.3, -0.25) is 0 Å². The van der Waals surface area contributed by atoms with Crippen LogP contribution in [0, 0.1) is 0 Å². The van der Waals surface area contributed by atoms with Crippen LogP contribution in [0.2, 0.25) is 0 Å². The number of alkyl halides is 6. The molecule has 0 radical (unpaired) electrons. The molecule has 12 heteroatoms. The Morgan fingerprint density at radius 1 is 1.04 bits per heavy atom. The van der Waals surface area contributed by atoms with Crippen LogP contribution in [0.15, 0.2) is 30.5 Å². The third-order valence-electron chi connectivity index (χ3n) is 2.60. The fraction of sp³-hybridized carbons (Fsp3) is 0.154. The lowest BCUT2D eigenvalue weighted by molar-refractivity contribution is -0.142. The molecule has 0 atom stereocenters. The zero-order chi connectivity index (χ0) is 18.8. The first-order chi connectivity index (χ1) is 11.5. The fourth-order valence-corrected chi connectivity index (χ4v) is 1.65. The van der Waals surface area contributed by atoms with Crippen molar-refractivity contribution >= 4 is 6.09 Å². The standard InChI is InChI=1S/C13H7F6N3O3/c14-12(15,16)7-5-6(24-10(20)23)1-2-8(7)25-11-21-4-3-9(22-11)13(17,18)19/h1-5H,(H2,20,23). The molecule has 2 aromatic rings. The second-order valence-electron chi connectivity index (χ2n) is 4.40. The Bertz CT molecular complexity index is 791. The van der Waals surface area contributed by atoms with Crippen molar-refractivity contribution in [2.45, 2.75) is 12.4 Å². The van der Waals surface area contributed by atoms with E-state index in [9.17, 15) is 31.1 Å². The van der Waals surface area contributed by atoms with E-state index < -0.39 is 47.2 Å². The van der Waals surface area contributed by atoms with Crippen LogP contribution in [0.4, 0.5) is 31.1 Å². The molecule has 25 heavy (non-hydrogen) atoms. The van der Waals surface area contributed by atoms with Crippen LogP contribution < -0.4 is 15.2 Å². The minimum Gasteiger partial charge on any atom is -0.424 e. The molecule has 0 spiro atoms. The van der Waals surface area contributed by atoms with Crippen LogP contribution in [0.5, 0.6) is 17.5 Å². The second kappa shape index (κ2) is 6.45. The van der Waals surface area contributed by atoms with E-state index in [1.165, 1.54) is 0 Å². The summed E-state index contributed by atoms with van der Waals surface area (Å²) in [6, 6.07) is 1.62. The second-order valence-corrected chi connectivity index (χ2v) is 4.40. The first-order valence-electron chi connectivity index (χ1n) is 6.23. The van der Waals surface area contributed by atoms with Crippen LogP contribution in [-0.4, -0.2) is 16.1 Å². The number of hydrogen-bond donors (Lipinski definition) is 1. The molecule has 2 N–H and O–H groups in total. The minimum absolute atomic E-state index is 0.397. The van der Waals surface area contributed by atoms with Crippen molar-refractivity contribution < 1.29 is 40.6 Å². The summed E-state index contributed by atoms with van der Waals surface area (Å²) in [5, 5.41) is 0. The van der Waals surface area contributed by atoms with Gasteiger partial charge in [0.05, 0.1) is 0 Å². The molecule has 0 saturated carbocycles. The minimum atomic E-state index is -4.96. The molecule has 1 aromatic carbocycles. The van der Waals surface area contributed by atoms with Crippen LogP contribution in [0.3, 0.4) is 0 Å². The zero-order valence-corrected chi connectivity index (χ0v) is 11.9. The molecule has 0 unspecified atom stereocenters. The highest BCUT2D eigenvalue weighted by molar-refractivity contribution is 5.68. The molecular weight excluding hydrogens is 360 g/mol. The summed E-state index contributed by atoms with van der Waals surface area (Å²) >= 11 is 0. The number of ether oxygens (including phenoxy) is 2. The number of rotatable bonds is 3. The van der Waals surface area contributed by atoms with E-state index in [0.717, 1.165) is 12.1 Å². The topological polar surface area (TPSA) is 87.3 Å². The molecule has 0 aliphatic carbocycles. The lowest BCUT2D eigenvalue weighted by atomic mass is 10.2. The number of carbonyl (C=O) groups excluding carboxylic acids is 1. The normalized spacial score (nSPS) is 11.9. The Labute approximate surface area is 135 Å². The van der Waals surface area contributed by atoms with Gasteiger partial charge < -0.3 is 15.2 Å². The van der Waals surface area contributed by atoms with E-state index in [2.05, 4.69) is 14.7 Å². The molecule has 1 aromatic heterocycles. The monoisotopic (exact) mass is 367 g/mol. The average Bonchev–Trinajstić information content (AvgIpc) is 2.46. The molecular formula is C13H7F6N3O3. The van der Waals surface area contributed by atoms with Crippen LogP contribution in [-0.2, 0) is 12.4 Å². The summed E-state index contributed by atoms with van der Waals surface area (Å²) in [4.78, 5) is 16.9. The number of amides is 1. The molecule has 0 aliphatic heterocycles. The van der Waals surface area contributed by atoms with Crippen molar-refractivity contribution in [2.75, 3.05) is 0 Å². The maximum Gasteiger partial charge on any atom is 0.433 e. The predicted octanol–water partition coefficient (Wildman–Crippen LogP) is 3.76. The summed E-state index contributed by atoms with van der Waals surface area (Å²) in [5.41, 5.74) is 1.89. The van der Waals surface area contributed by atoms with Gasteiger partial charge in [-0.1, -0.05) is 0 Å².